The Morgan fingerprint density at radius 2 is 1.39 bits per heavy atom. The number of nitrogens with zero attached hydrogens (tertiary/aromatic N) is 1. The van der Waals surface area contributed by atoms with E-state index in [9.17, 15) is 13.2 Å². The normalized spacial score (nSPS) is 11.0. The minimum absolute atomic E-state index is 0.00336. The van der Waals surface area contributed by atoms with Crippen molar-refractivity contribution in [3.63, 3.8) is 0 Å². The van der Waals surface area contributed by atoms with Gasteiger partial charge in [-0.3, -0.25) is 9.10 Å². The van der Waals surface area contributed by atoms with Crippen molar-refractivity contribution in [3.8, 4) is 28.7 Å². The first kappa shape index (κ1) is 28.5. The highest BCUT2D eigenvalue weighted by atomic mass is 32.2. The SMILES string of the molecule is COc1ccc(OC)c(N(CC(=O)Nc2ccc(OC(C)C)cc2)S(=O)(=O)c2ccc(OC)c(OC)c2)c1. The van der Waals surface area contributed by atoms with E-state index in [-0.39, 0.29) is 28.2 Å². The predicted octanol–water partition coefficient (Wildman–Crippen LogP) is 4.34. The van der Waals surface area contributed by atoms with Crippen molar-refractivity contribution >= 4 is 27.3 Å². The molecule has 1 N–H and O–H groups in total. The maximum absolute atomic E-state index is 13.9. The van der Waals surface area contributed by atoms with Crippen molar-refractivity contribution in [1.29, 1.82) is 0 Å². The van der Waals surface area contributed by atoms with Crippen LogP contribution in [0.15, 0.2) is 65.6 Å². The smallest absolute Gasteiger partial charge is 0.265 e. The number of hydrogen-bond acceptors (Lipinski definition) is 8. The van der Waals surface area contributed by atoms with Crippen molar-refractivity contribution in [2.75, 3.05) is 44.6 Å². The Morgan fingerprint density at radius 3 is 1.97 bits per heavy atom. The summed E-state index contributed by atoms with van der Waals surface area (Å²) in [6.07, 6.45) is 0.00336. The quantitative estimate of drug-likeness (QED) is 0.358. The van der Waals surface area contributed by atoms with Gasteiger partial charge in [0.25, 0.3) is 10.0 Å². The monoisotopic (exact) mass is 544 g/mol. The second-order valence-corrected chi connectivity index (χ2v) is 10.2. The lowest BCUT2D eigenvalue weighted by atomic mass is 10.2. The Bertz CT molecular complexity index is 1360. The van der Waals surface area contributed by atoms with Crippen LogP contribution >= 0.6 is 0 Å². The standard InChI is InChI=1S/C27H32N2O8S/c1-18(2)37-20-9-7-19(8-10-20)28-27(30)17-29(23-15-21(33-3)11-13-24(23)34-4)38(31,32)22-12-14-25(35-5)26(16-22)36-6/h7-16,18H,17H2,1-6H3,(H,28,30). The molecule has 0 saturated heterocycles. The average molecular weight is 545 g/mol. The highest BCUT2D eigenvalue weighted by Crippen LogP contribution is 2.37. The molecule has 0 fully saturated rings. The Hall–Kier alpha value is -4.12. The molecule has 3 rings (SSSR count). The lowest BCUT2D eigenvalue weighted by Gasteiger charge is -2.26. The predicted molar refractivity (Wildman–Crippen MR) is 144 cm³/mol. The molecule has 0 radical (unpaired) electrons. The van der Waals surface area contributed by atoms with E-state index in [2.05, 4.69) is 5.32 Å². The summed E-state index contributed by atoms with van der Waals surface area (Å²) in [6, 6.07) is 15.7. The summed E-state index contributed by atoms with van der Waals surface area (Å²) >= 11 is 0. The third-order valence-corrected chi connectivity index (χ3v) is 7.15. The summed E-state index contributed by atoms with van der Waals surface area (Å²) in [6.45, 7) is 3.27. The Morgan fingerprint density at radius 1 is 0.789 bits per heavy atom. The van der Waals surface area contributed by atoms with Gasteiger partial charge in [-0.25, -0.2) is 8.42 Å². The van der Waals surface area contributed by atoms with Gasteiger partial charge in [0, 0.05) is 17.8 Å². The number of amides is 1. The Labute approximate surface area is 223 Å². The fourth-order valence-corrected chi connectivity index (χ4v) is 5.05. The third kappa shape index (κ3) is 6.60. The average Bonchev–Trinajstić information content (AvgIpc) is 2.91. The van der Waals surface area contributed by atoms with Crippen molar-refractivity contribution in [2.24, 2.45) is 0 Å². The number of hydrogen-bond donors (Lipinski definition) is 1. The largest absolute Gasteiger partial charge is 0.497 e. The molecule has 1 amide bonds. The molecule has 11 heteroatoms. The molecule has 0 aliphatic carbocycles. The minimum atomic E-state index is -4.30. The zero-order chi connectivity index (χ0) is 27.9. The molecule has 0 atom stereocenters. The number of nitrogens with one attached hydrogen (secondary N) is 1. The molecule has 0 bridgehead atoms. The van der Waals surface area contributed by atoms with Gasteiger partial charge in [-0.2, -0.15) is 0 Å². The van der Waals surface area contributed by atoms with Gasteiger partial charge in [0.15, 0.2) is 11.5 Å². The summed E-state index contributed by atoms with van der Waals surface area (Å²) in [4.78, 5) is 13.0. The molecule has 0 aliphatic heterocycles. The van der Waals surface area contributed by atoms with Crippen LogP contribution in [0.3, 0.4) is 0 Å². The van der Waals surface area contributed by atoms with Crippen molar-refractivity contribution in [3.05, 3.63) is 60.7 Å². The van der Waals surface area contributed by atoms with Gasteiger partial charge in [0.1, 0.15) is 23.8 Å². The van der Waals surface area contributed by atoms with E-state index in [0.29, 0.717) is 22.9 Å². The van der Waals surface area contributed by atoms with Crippen LogP contribution in [0, 0.1) is 0 Å². The molecule has 3 aromatic carbocycles. The lowest BCUT2D eigenvalue weighted by Crippen LogP contribution is -2.38. The Kier molecular flexibility index (Phi) is 9.30. The van der Waals surface area contributed by atoms with E-state index >= 15 is 0 Å². The summed E-state index contributed by atoms with van der Waals surface area (Å²) < 4.78 is 55.7. The molecular formula is C27H32N2O8S. The first-order valence-corrected chi connectivity index (χ1v) is 13.1. The van der Waals surface area contributed by atoms with Crippen molar-refractivity contribution < 1.29 is 36.9 Å². The maximum Gasteiger partial charge on any atom is 0.265 e. The second kappa shape index (κ2) is 12.4. The Balaban J connectivity index is 2.02. The zero-order valence-corrected chi connectivity index (χ0v) is 23.0. The number of ether oxygens (including phenoxy) is 5. The van der Waals surface area contributed by atoms with Gasteiger partial charge < -0.3 is 29.0 Å². The number of methoxy groups -OCH3 is 4. The molecule has 0 saturated carbocycles. The number of carbonyl (C=O) groups excluding carboxylic acids is 1. The van der Waals surface area contributed by atoms with Gasteiger partial charge in [-0.1, -0.05) is 0 Å². The lowest BCUT2D eigenvalue weighted by molar-refractivity contribution is -0.114. The maximum atomic E-state index is 13.9. The summed E-state index contributed by atoms with van der Waals surface area (Å²) in [5.74, 6) is 1.28. The summed E-state index contributed by atoms with van der Waals surface area (Å²) in [5.41, 5.74) is 0.602. The summed E-state index contributed by atoms with van der Waals surface area (Å²) in [7, 11) is 1.43. The minimum Gasteiger partial charge on any atom is -0.497 e. The number of carbonyl (C=O) groups is 1. The zero-order valence-electron chi connectivity index (χ0n) is 22.2. The molecule has 0 aliphatic rings. The van der Waals surface area contributed by atoms with Crippen LogP contribution in [0.5, 0.6) is 28.7 Å². The fraction of sp³-hybridized carbons (Fsp3) is 0.296. The molecule has 0 heterocycles. The number of rotatable bonds is 12. The molecule has 10 nitrogen and oxygen atoms in total. The highest BCUT2D eigenvalue weighted by molar-refractivity contribution is 7.92. The van der Waals surface area contributed by atoms with Gasteiger partial charge >= 0.3 is 0 Å². The van der Waals surface area contributed by atoms with Crippen LogP contribution < -0.4 is 33.3 Å². The molecule has 0 aromatic heterocycles. The molecule has 3 aromatic rings. The van der Waals surface area contributed by atoms with Crippen LogP contribution in [0.4, 0.5) is 11.4 Å². The van der Waals surface area contributed by atoms with E-state index < -0.39 is 22.5 Å². The number of sulfonamides is 1. The molecule has 38 heavy (non-hydrogen) atoms. The highest BCUT2D eigenvalue weighted by Gasteiger charge is 2.31. The second-order valence-electron chi connectivity index (χ2n) is 8.31. The van der Waals surface area contributed by atoms with Gasteiger partial charge in [-0.15, -0.1) is 0 Å². The number of benzene rings is 3. The summed E-state index contributed by atoms with van der Waals surface area (Å²) in [5, 5.41) is 2.74. The topological polar surface area (TPSA) is 113 Å². The first-order valence-electron chi connectivity index (χ1n) is 11.7. The third-order valence-electron chi connectivity index (χ3n) is 5.39. The molecule has 204 valence electrons. The fourth-order valence-electron chi connectivity index (χ4n) is 3.62. The van der Waals surface area contributed by atoms with E-state index in [0.717, 1.165) is 4.31 Å². The van der Waals surface area contributed by atoms with Gasteiger partial charge in [-0.05, 0) is 62.4 Å². The van der Waals surface area contributed by atoms with Crippen LogP contribution in [0.1, 0.15) is 13.8 Å². The molecule has 0 spiro atoms. The van der Waals surface area contributed by atoms with E-state index in [4.69, 9.17) is 23.7 Å². The van der Waals surface area contributed by atoms with Gasteiger partial charge in [0.05, 0.1) is 45.1 Å². The number of anilines is 2. The van der Waals surface area contributed by atoms with Crippen LogP contribution in [-0.4, -0.2) is 55.4 Å². The van der Waals surface area contributed by atoms with Crippen molar-refractivity contribution in [2.45, 2.75) is 24.8 Å². The molecular weight excluding hydrogens is 512 g/mol. The van der Waals surface area contributed by atoms with Crippen LogP contribution in [0.2, 0.25) is 0 Å². The van der Waals surface area contributed by atoms with E-state index in [1.807, 2.05) is 13.8 Å². The first-order chi connectivity index (χ1) is 18.1. The molecule has 0 unspecified atom stereocenters. The van der Waals surface area contributed by atoms with Crippen molar-refractivity contribution in [1.82, 2.24) is 0 Å². The van der Waals surface area contributed by atoms with E-state index in [1.165, 1.54) is 52.7 Å². The van der Waals surface area contributed by atoms with Crippen LogP contribution in [-0.2, 0) is 14.8 Å². The van der Waals surface area contributed by atoms with E-state index in [1.54, 1.807) is 36.4 Å². The van der Waals surface area contributed by atoms with Gasteiger partial charge in [0.2, 0.25) is 5.91 Å². The van der Waals surface area contributed by atoms with Crippen LogP contribution in [0.25, 0.3) is 0 Å².